The van der Waals surface area contributed by atoms with Crippen molar-refractivity contribution < 1.29 is 14.9 Å². The molecule has 2 N–H and O–H groups in total. The fourth-order valence-electron chi connectivity index (χ4n) is 4.12. The summed E-state index contributed by atoms with van der Waals surface area (Å²) in [7, 11) is 0. The highest BCUT2D eigenvalue weighted by molar-refractivity contribution is 5.64. The lowest BCUT2D eigenvalue weighted by Crippen LogP contribution is -1.98. The minimum atomic E-state index is 0.0650. The quantitative estimate of drug-likeness (QED) is 0.667. The monoisotopic (exact) mass is 356 g/mol. The molecular weight excluding hydrogens is 340 g/mol. The Bertz CT molecular complexity index is 1080. The Labute approximate surface area is 156 Å². The molecule has 0 saturated carbocycles. The average Bonchev–Trinajstić information content (AvgIpc) is 3.37. The predicted molar refractivity (Wildman–Crippen MR) is 99.6 cm³/mol. The van der Waals surface area contributed by atoms with Gasteiger partial charge in [0.2, 0.25) is 11.8 Å². The first-order chi connectivity index (χ1) is 13.2. The Morgan fingerprint density at radius 1 is 0.926 bits per heavy atom. The van der Waals surface area contributed by atoms with Gasteiger partial charge in [-0.05, 0) is 42.8 Å². The van der Waals surface area contributed by atoms with E-state index in [1.807, 2.05) is 12.1 Å². The number of benzene rings is 2. The van der Waals surface area contributed by atoms with Crippen molar-refractivity contribution in [1.82, 2.24) is 4.57 Å². The maximum Gasteiger partial charge on any atom is 0.202 e. The van der Waals surface area contributed by atoms with Gasteiger partial charge in [-0.25, -0.2) is 4.57 Å². The van der Waals surface area contributed by atoms with Crippen molar-refractivity contribution in [2.75, 3.05) is 0 Å². The number of nitriles is 1. The second-order valence-corrected chi connectivity index (χ2v) is 6.85. The van der Waals surface area contributed by atoms with Gasteiger partial charge in [-0.1, -0.05) is 24.3 Å². The molecule has 5 rings (SSSR count). The minimum absolute atomic E-state index is 0.0650. The van der Waals surface area contributed by atoms with Gasteiger partial charge < -0.3 is 14.9 Å². The summed E-state index contributed by atoms with van der Waals surface area (Å²) < 4.78 is 7.43. The molecule has 2 aliphatic rings. The van der Waals surface area contributed by atoms with Crippen LogP contribution in [0.25, 0.3) is 5.69 Å². The molecule has 2 bridgehead atoms. The van der Waals surface area contributed by atoms with Crippen molar-refractivity contribution in [3.8, 4) is 35.0 Å². The first-order valence-corrected chi connectivity index (χ1v) is 8.79. The van der Waals surface area contributed by atoms with Crippen LogP contribution in [-0.2, 0) is 0 Å². The summed E-state index contributed by atoms with van der Waals surface area (Å²) in [6.07, 6.45) is 5.10. The molecule has 5 heteroatoms. The van der Waals surface area contributed by atoms with E-state index in [4.69, 9.17) is 10.00 Å². The number of para-hydroxylation sites is 2. The highest BCUT2D eigenvalue weighted by Crippen LogP contribution is 2.57. The van der Waals surface area contributed by atoms with Crippen LogP contribution in [0.2, 0.25) is 0 Å². The van der Waals surface area contributed by atoms with Gasteiger partial charge in [-0.15, -0.1) is 0 Å². The number of rotatable bonds is 3. The van der Waals surface area contributed by atoms with E-state index in [9.17, 15) is 10.2 Å². The fraction of sp³-hybridized carbons (Fsp3) is 0.136. The Hall–Kier alpha value is -3.65. The predicted octanol–water partition coefficient (Wildman–Crippen LogP) is 4.69. The van der Waals surface area contributed by atoms with Gasteiger partial charge in [0, 0.05) is 23.0 Å². The summed E-state index contributed by atoms with van der Waals surface area (Å²) in [5.74, 6) is 1.52. The van der Waals surface area contributed by atoms with Gasteiger partial charge in [0.05, 0.1) is 17.3 Å². The number of hydrogen-bond donors (Lipinski definition) is 2. The molecule has 2 aromatic carbocycles. The molecule has 1 aromatic heterocycles. The van der Waals surface area contributed by atoms with Crippen molar-refractivity contribution in [2.24, 2.45) is 0 Å². The molecule has 5 nitrogen and oxygen atoms in total. The van der Waals surface area contributed by atoms with Crippen molar-refractivity contribution in [3.63, 3.8) is 0 Å². The van der Waals surface area contributed by atoms with Gasteiger partial charge >= 0.3 is 0 Å². The smallest absolute Gasteiger partial charge is 0.202 e. The van der Waals surface area contributed by atoms with Crippen LogP contribution >= 0.6 is 0 Å². The number of hydrogen-bond acceptors (Lipinski definition) is 4. The first-order valence-electron chi connectivity index (χ1n) is 8.79. The van der Waals surface area contributed by atoms with Crippen LogP contribution in [0.15, 0.2) is 60.7 Å². The molecule has 0 aliphatic heterocycles. The van der Waals surface area contributed by atoms with Crippen LogP contribution in [0.3, 0.4) is 0 Å². The van der Waals surface area contributed by atoms with Crippen LogP contribution in [0.4, 0.5) is 0 Å². The number of allylic oxidation sites excluding steroid dienone is 2. The summed E-state index contributed by atoms with van der Waals surface area (Å²) in [6, 6.07) is 16.1. The van der Waals surface area contributed by atoms with Gasteiger partial charge in [0.25, 0.3) is 0 Å². The third-order valence-corrected chi connectivity index (χ3v) is 5.34. The zero-order valence-electron chi connectivity index (χ0n) is 14.3. The second-order valence-electron chi connectivity index (χ2n) is 6.85. The largest absolute Gasteiger partial charge is 0.494 e. The molecule has 0 spiro atoms. The standard InChI is InChI=1S/C22H16N2O3/c23-12-13-5-9-16(10-6-13)27-18-4-2-1-3-17(18)24-21(25)19-14-7-8-15(11-14)20(19)22(24)26/h1-10,14-15,25-26H,11H2. The first kappa shape index (κ1) is 15.6. The second kappa shape index (κ2) is 5.68. The lowest BCUT2D eigenvalue weighted by atomic mass is 10.0. The molecular formula is C22H16N2O3. The molecule has 2 atom stereocenters. The van der Waals surface area contributed by atoms with E-state index in [0.29, 0.717) is 22.7 Å². The van der Waals surface area contributed by atoms with Crippen LogP contribution in [0.5, 0.6) is 23.3 Å². The van der Waals surface area contributed by atoms with Crippen molar-refractivity contribution in [2.45, 2.75) is 18.3 Å². The Balaban J connectivity index is 1.59. The molecule has 0 radical (unpaired) electrons. The summed E-state index contributed by atoms with van der Waals surface area (Å²) in [5.41, 5.74) is 2.74. The molecule has 0 saturated heterocycles. The summed E-state index contributed by atoms with van der Waals surface area (Å²) >= 11 is 0. The maximum atomic E-state index is 10.8. The summed E-state index contributed by atoms with van der Waals surface area (Å²) in [6.45, 7) is 0. The van der Waals surface area contributed by atoms with Crippen LogP contribution in [0.1, 0.15) is 34.9 Å². The van der Waals surface area contributed by atoms with Crippen molar-refractivity contribution in [3.05, 3.63) is 77.4 Å². The van der Waals surface area contributed by atoms with Gasteiger partial charge in [0.1, 0.15) is 5.75 Å². The van der Waals surface area contributed by atoms with E-state index in [1.54, 1.807) is 36.4 Å². The third kappa shape index (κ3) is 2.24. The summed E-state index contributed by atoms with van der Waals surface area (Å²) in [5, 5.41) is 30.6. The molecule has 0 fully saturated rings. The third-order valence-electron chi connectivity index (χ3n) is 5.34. The van der Waals surface area contributed by atoms with E-state index in [-0.39, 0.29) is 23.6 Å². The van der Waals surface area contributed by atoms with Crippen molar-refractivity contribution >= 4 is 0 Å². The highest BCUT2D eigenvalue weighted by Gasteiger charge is 2.41. The van der Waals surface area contributed by atoms with Crippen LogP contribution in [-0.4, -0.2) is 14.8 Å². The SMILES string of the molecule is N#Cc1ccc(Oc2ccccc2-n2c(O)c3c(c2O)C2C=CC3C2)cc1. The zero-order valence-corrected chi connectivity index (χ0v) is 14.3. The van der Waals surface area contributed by atoms with Crippen LogP contribution in [0, 0.1) is 11.3 Å². The minimum Gasteiger partial charge on any atom is -0.494 e. The lowest BCUT2D eigenvalue weighted by Gasteiger charge is -2.15. The van der Waals surface area contributed by atoms with E-state index >= 15 is 0 Å². The maximum absolute atomic E-state index is 10.8. The number of aromatic hydroxyl groups is 2. The van der Waals surface area contributed by atoms with Gasteiger partial charge in [0.15, 0.2) is 5.75 Å². The van der Waals surface area contributed by atoms with Gasteiger partial charge in [-0.3, -0.25) is 0 Å². The number of ether oxygens (including phenoxy) is 1. The number of fused-ring (bicyclic) bond motifs is 5. The van der Waals surface area contributed by atoms with E-state index in [0.717, 1.165) is 17.5 Å². The van der Waals surface area contributed by atoms with Crippen molar-refractivity contribution in [1.29, 1.82) is 5.26 Å². The van der Waals surface area contributed by atoms with E-state index < -0.39 is 0 Å². The molecule has 0 amide bonds. The molecule has 2 unspecified atom stereocenters. The average molecular weight is 356 g/mol. The molecule has 2 aliphatic carbocycles. The zero-order chi connectivity index (χ0) is 18.5. The number of nitrogens with zero attached hydrogens (tertiary/aromatic N) is 2. The molecule has 132 valence electrons. The molecule has 27 heavy (non-hydrogen) atoms. The molecule has 1 heterocycles. The Morgan fingerprint density at radius 3 is 2.19 bits per heavy atom. The fourth-order valence-corrected chi connectivity index (χ4v) is 4.12. The molecule has 3 aromatic rings. The van der Waals surface area contributed by atoms with E-state index in [2.05, 4.69) is 18.2 Å². The van der Waals surface area contributed by atoms with Crippen LogP contribution < -0.4 is 4.74 Å². The topological polar surface area (TPSA) is 78.4 Å². The Morgan fingerprint density at radius 2 is 1.56 bits per heavy atom. The van der Waals surface area contributed by atoms with Gasteiger partial charge in [-0.2, -0.15) is 5.26 Å². The van der Waals surface area contributed by atoms with E-state index in [1.165, 1.54) is 4.57 Å². The lowest BCUT2D eigenvalue weighted by molar-refractivity contribution is 0.390. The number of aromatic nitrogens is 1. The normalized spacial score (nSPS) is 19.1. The highest BCUT2D eigenvalue weighted by atomic mass is 16.5. The Kier molecular flexibility index (Phi) is 3.28. The summed E-state index contributed by atoms with van der Waals surface area (Å²) in [4.78, 5) is 0.